The number of amides is 2. The van der Waals surface area contributed by atoms with Crippen molar-refractivity contribution < 1.29 is 23.5 Å². The Morgan fingerprint density at radius 2 is 1.71 bits per heavy atom. The molecule has 150 valence electrons. The van der Waals surface area contributed by atoms with Crippen LogP contribution < -0.4 is 20.1 Å². The molecule has 0 saturated carbocycles. The number of nitrogens with one attached hydrogen (secondary N) is 2. The molecule has 1 atom stereocenters. The van der Waals surface area contributed by atoms with Crippen LogP contribution in [0.25, 0.3) is 0 Å². The fourth-order valence-electron chi connectivity index (χ4n) is 2.51. The molecule has 0 fully saturated rings. The second-order valence-electron chi connectivity index (χ2n) is 5.94. The van der Waals surface area contributed by atoms with E-state index in [2.05, 4.69) is 10.6 Å². The highest BCUT2D eigenvalue weighted by atomic mass is 32.2. The van der Waals surface area contributed by atoms with E-state index in [1.807, 2.05) is 13.0 Å². The van der Waals surface area contributed by atoms with Gasteiger partial charge in [0.1, 0.15) is 17.3 Å². The highest BCUT2D eigenvalue weighted by molar-refractivity contribution is 8.00. The summed E-state index contributed by atoms with van der Waals surface area (Å²) in [5, 5.41) is 5.53. The zero-order valence-corrected chi connectivity index (χ0v) is 16.8. The lowest BCUT2D eigenvalue weighted by Gasteiger charge is -2.18. The summed E-state index contributed by atoms with van der Waals surface area (Å²) < 4.78 is 23.4. The molecule has 2 N–H and O–H groups in total. The topological polar surface area (TPSA) is 76.7 Å². The van der Waals surface area contributed by atoms with Crippen molar-refractivity contribution in [3.8, 4) is 11.5 Å². The predicted octanol–water partition coefficient (Wildman–Crippen LogP) is 3.39. The van der Waals surface area contributed by atoms with Gasteiger partial charge < -0.3 is 20.1 Å². The Hall–Kier alpha value is -2.74. The molecule has 0 heterocycles. The van der Waals surface area contributed by atoms with Gasteiger partial charge in [-0.25, -0.2) is 4.39 Å². The first kappa shape index (κ1) is 21.6. The van der Waals surface area contributed by atoms with Gasteiger partial charge >= 0.3 is 0 Å². The summed E-state index contributed by atoms with van der Waals surface area (Å²) in [6.07, 6.45) is 0. The zero-order valence-electron chi connectivity index (χ0n) is 16.0. The molecule has 0 saturated heterocycles. The average molecular weight is 406 g/mol. The molecule has 2 amide bonds. The third-order valence-electron chi connectivity index (χ3n) is 3.88. The number of thioether (sulfide) groups is 1. The number of carbonyl (C=O) groups is 2. The molecule has 0 radical (unpaired) electrons. The van der Waals surface area contributed by atoms with E-state index in [1.165, 1.54) is 36.0 Å². The fourth-order valence-corrected chi connectivity index (χ4v) is 3.13. The normalized spacial score (nSPS) is 11.4. The first-order valence-electron chi connectivity index (χ1n) is 8.57. The van der Waals surface area contributed by atoms with E-state index >= 15 is 0 Å². The number of anilines is 1. The molecule has 2 rings (SSSR count). The van der Waals surface area contributed by atoms with Gasteiger partial charge in [0, 0.05) is 11.3 Å². The highest BCUT2D eigenvalue weighted by Gasteiger charge is 2.15. The van der Waals surface area contributed by atoms with Crippen LogP contribution in [0.5, 0.6) is 11.5 Å². The number of rotatable bonds is 9. The van der Waals surface area contributed by atoms with Gasteiger partial charge in [-0.2, -0.15) is 0 Å². The van der Waals surface area contributed by atoms with Crippen LogP contribution in [0.1, 0.15) is 18.5 Å². The summed E-state index contributed by atoms with van der Waals surface area (Å²) in [4.78, 5) is 24.1. The Balaban J connectivity index is 1.80. The second-order valence-corrected chi connectivity index (χ2v) is 6.93. The van der Waals surface area contributed by atoms with E-state index in [4.69, 9.17) is 9.47 Å². The SMILES string of the molecule is COc1ccc(OC)c(C(C)NC(=O)CSCC(=O)Nc2ccc(F)cc2)c1. The molecule has 6 nitrogen and oxygen atoms in total. The van der Waals surface area contributed by atoms with Crippen molar-refractivity contribution >= 4 is 29.3 Å². The molecule has 1 unspecified atom stereocenters. The van der Waals surface area contributed by atoms with Crippen molar-refractivity contribution in [3.05, 3.63) is 53.8 Å². The second kappa shape index (κ2) is 10.6. The number of hydrogen-bond donors (Lipinski definition) is 2. The van der Waals surface area contributed by atoms with E-state index in [9.17, 15) is 14.0 Å². The summed E-state index contributed by atoms with van der Waals surface area (Å²) in [7, 11) is 3.14. The summed E-state index contributed by atoms with van der Waals surface area (Å²) in [5.74, 6) is 0.744. The Morgan fingerprint density at radius 3 is 2.36 bits per heavy atom. The molecule has 0 spiro atoms. The molecule has 2 aromatic rings. The number of ether oxygens (including phenoxy) is 2. The lowest BCUT2D eigenvalue weighted by Crippen LogP contribution is -2.29. The summed E-state index contributed by atoms with van der Waals surface area (Å²) in [6.45, 7) is 1.85. The Bertz CT molecular complexity index is 814. The van der Waals surface area contributed by atoms with Gasteiger partial charge in [-0.3, -0.25) is 9.59 Å². The van der Waals surface area contributed by atoms with Crippen molar-refractivity contribution in [2.45, 2.75) is 13.0 Å². The van der Waals surface area contributed by atoms with Crippen molar-refractivity contribution in [1.82, 2.24) is 5.32 Å². The van der Waals surface area contributed by atoms with Crippen LogP contribution >= 0.6 is 11.8 Å². The number of methoxy groups -OCH3 is 2. The van der Waals surface area contributed by atoms with Crippen LogP contribution in [-0.2, 0) is 9.59 Å². The van der Waals surface area contributed by atoms with Crippen LogP contribution in [0, 0.1) is 5.82 Å². The maximum absolute atomic E-state index is 12.9. The maximum atomic E-state index is 12.9. The van der Waals surface area contributed by atoms with Crippen molar-refractivity contribution in [2.24, 2.45) is 0 Å². The molecule has 0 aliphatic carbocycles. The number of hydrogen-bond acceptors (Lipinski definition) is 5. The van der Waals surface area contributed by atoms with Gasteiger partial charge in [-0.05, 0) is 49.4 Å². The lowest BCUT2D eigenvalue weighted by atomic mass is 10.1. The molecule has 2 aromatic carbocycles. The number of carbonyl (C=O) groups excluding carboxylic acids is 2. The summed E-state index contributed by atoms with van der Waals surface area (Å²) in [6, 6.07) is 10.6. The van der Waals surface area contributed by atoms with Gasteiger partial charge in [-0.15, -0.1) is 11.8 Å². The van der Waals surface area contributed by atoms with E-state index in [0.29, 0.717) is 17.2 Å². The van der Waals surface area contributed by atoms with Crippen molar-refractivity contribution in [1.29, 1.82) is 0 Å². The first-order valence-corrected chi connectivity index (χ1v) is 9.73. The molecular formula is C20H23FN2O4S. The number of halogens is 1. The third-order valence-corrected chi connectivity index (χ3v) is 4.81. The van der Waals surface area contributed by atoms with Crippen LogP contribution in [-0.4, -0.2) is 37.5 Å². The van der Waals surface area contributed by atoms with Gasteiger partial charge in [0.05, 0.1) is 31.8 Å². The van der Waals surface area contributed by atoms with Gasteiger partial charge in [0.2, 0.25) is 11.8 Å². The van der Waals surface area contributed by atoms with Gasteiger partial charge in [-0.1, -0.05) is 0 Å². The molecule has 0 aromatic heterocycles. The van der Waals surface area contributed by atoms with Crippen molar-refractivity contribution in [3.63, 3.8) is 0 Å². The largest absolute Gasteiger partial charge is 0.497 e. The molecular weight excluding hydrogens is 383 g/mol. The maximum Gasteiger partial charge on any atom is 0.234 e. The minimum Gasteiger partial charge on any atom is -0.497 e. The van der Waals surface area contributed by atoms with Crippen LogP contribution in [0.15, 0.2) is 42.5 Å². The van der Waals surface area contributed by atoms with E-state index in [-0.39, 0.29) is 35.2 Å². The Morgan fingerprint density at radius 1 is 1.04 bits per heavy atom. The molecule has 8 heteroatoms. The van der Waals surface area contributed by atoms with Gasteiger partial charge in [0.15, 0.2) is 0 Å². The zero-order chi connectivity index (χ0) is 20.5. The summed E-state index contributed by atoms with van der Waals surface area (Å²) in [5.41, 5.74) is 1.31. The van der Waals surface area contributed by atoms with Crippen LogP contribution in [0.4, 0.5) is 10.1 Å². The Kier molecular flexibility index (Phi) is 8.13. The molecule has 0 aliphatic heterocycles. The first-order chi connectivity index (χ1) is 13.4. The average Bonchev–Trinajstić information content (AvgIpc) is 2.69. The highest BCUT2D eigenvalue weighted by Crippen LogP contribution is 2.29. The van der Waals surface area contributed by atoms with Gasteiger partial charge in [0.25, 0.3) is 0 Å². The quantitative estimate of drug-likeness (QED) is 0.668. The number of benzene rings is 2. The predicted molar refractivity (Wildman–Crippen MR) is 108 cm³/mol. The molecule has 28 heavy (non-hydrogen) atoms. The monoisotopic (exact) mass is 406 g/mol. The minimum absolute atomic E-state index is 0.113. The lowest BCUT2D eigenvalue weighted by molar-refractivity contribution is -0.119. The minimum atomic E-state index is -0.370. The smallest absolute Gasteiger partial charge is 0.234 e. The molecule has 0 bridgehead atoms. The van der Waals surface area contributed by atoms with Crippen LogP contribution in [0.3, 0.4) is 0 Å². The molecule has 0 aliphatic rings. The standard InChI is InChI=1S/C20H23FN2O4S/c1-13(17-10-16(26-2)8-9-18(17)27-3)22-19(24)11-28-12-20(25)23-15-6-4-14(21)5-7-15/h4-10,13H,11-12H2,1-3H3,(H,22,24)(H,23,25). The van der Waals surface area contributed by atoms with E-state index < -0.39 is 0 Å². The Labute approximate surface area is 167 Å². The fraction of sp³-hybridized carbons (Fsp3) is 0.300. The van der Waals surface area contributed by atoms with E-state index in [0.717, 1.165) is 5.56 Å². The summed E-state index contributed by atoms with van der Waals surface area (Å²) >= 11 is 1.19. The third kappa shape index (κ3) is 6.45. The van der Waals surface area contributed by atoms with Crippen LogP contribution in [0.2, 0.25) is 0 Å². The van der Waals surface area contributed by atoms with Crippen molar-refractivity contribution in [2.75, 3.05) is 31.0 Å². The van der Waals surface area contributed by atoms with E-state index in [1.54, 1.807) is 26.4 Å².